The number of rotatable bonds is 8. The van der Waals surface area contributed by atoms with Gasteiger partial charge in [0.15, 0.2) is 0 Å². The molecule has 0 bridgehead atoms. The zero-order chi connectivity index (χ0) is 25.8. The van der Waals surface area contributed by atoms with Gasteiger partial charge >= 0.3 is 0 Å². The summed E-state index contributed by atoms with van der Waals surface area (Å²) in [5, 5.41) is 2.96. The molecule has 1 N–H and O–H groups in total. The van der Waals surface area contributed by atoms with Crippen molar-refractivity contribution in [2.45, 2.75) is 45.7 Å². The minimum atomic E-state index is -0.262. The van der Waals surface area contributed by atoms with Crippen LogP contribution in [0.15, 0.2) is 42.5 Å². The van der Waals surface area contributed by atoms with Gasteiger partial charge in [-0.3, -0.25) is 19.3 Å². The lowest BCUT2D eigenvalue weighted by Gasteiger charge is -2.45. The van der Waals surface area contributed by atoms with Crippen molar-refractivity contribution >= 4 is 34.8 Å². The van der Waals surface area contributed by atoms with Gasteiger partial charge in [0.1, 0.15) is 12.6 Å². The Morgan fingerprint density at radius 1 is 1.00 bits per heavy atom. The SMILES string of the molecule is CCN(CC)C(=O)c1ccc2c(c1)N(CC(=O)NCc1ccc(N(C)C)cc1)C(=O)C1CCCCN21. The van der Waals surface area contributed by atoms with Crippen LogP contribution in [0.3, 0.4) is 0 Å². The monoisotopic (exact) mass is 491 g/mol. The molecule has 36 heavy (non-hydrogen) atoms. The molecular weight excluding hydrogens is 454 g/mol. The maximum Gasteiger partial charge on any atom is 0.253 e. The van der Waals surface area contributed by atoms with Gasteiger partial charge in [-0.2, -0.15) is 0 Å². The highest BCUT2D eigenvalue weighted by atomic mass is 16.2. The molecule has 3 amide bonds. The lowest BCUT2D eigenvalue weighted by Crippen LogP contribution is -2.57. The first-order valence-corrected chi connectivity index (χ1v) is 12.9. The van der Waals surface area contributed by atoms with Crippen molar-refractivity contribution in [2.75, 3.05) is 55.0 Å². The van der Waals surface area contributed by atoms with Crippen LogP contribution in [0, 0.1) is 0 Å². The van der Waals surface area contributed by atoms with Crippen LogP contribution in [0.2, 0.25) is 0 Å². The normalized spacial score (nSPS) is 16.8. The highest BCUT2D eigenvalue weighted by Crippen LogP contribution is 2.40. The van der Waals surface area contributed by atoms with Crippen molar-refractivity contribution in [3.8, 4) is 0 Å². The molecule has 192 valence electrons. The van der Waals surface area contributed by atoms with E-state index in [1.54, 1.807) is 15.9 Å². The summed E-state index contributed by atoms with van der Waals surface area (Å²) in [6.45, 7) is 6.24. The predicted molar refractivity (Wildman–Crippen MR) is 144 cm³/mol. The second-order valence-corrected chi connectivity index (χ2v) is 9.65. The number of nitrogens with zero attached hydrogens (tertiary/aromatic N) is 4. The van der Waals surface area contributed by atoms with Crippen LogP contribution in [0.5, 0.6) is 0 Å². The summed E-state index contributed by atoms with van der Waals surface area (Å²) in [5.41, 5.74) is 4.17. The van der Waals surface area contributed by atoms with E-state index >= 15 is 0 Å². The Balaban J connectivity index is 1.56. The van der Waals surface area contributed by atoms with Crippen molar-refractivity contribution in [2.24, 2.45) is 0 Å². The number of carbonyl (C=O) groups is 3. The topological polar surface area (TPSA) is 76.2 Å². The number of hydrogen-bond donors (Lipinski definition) is 1. The van der Waals surface area contributed by atoms with E-state index in [1.165, 1.54) is 0 Å². The molecule has 2 heterocycles. The third-order valence-corrected chi connectivity index (χ3v) is 7.17. The molecule has 4 rings (SSSR count). The van der Waals surface area contributed by atoms with E-state index in [-0.39, 0.29) is 30.3 Å². The van der Waals surface area contributed by atoms with E-state index < -0.39 is 0 Å². The Bertz CT molecular complexity index is 1110. The number of hydrogen-bond acceptors (Lipinski definition) is 5. The van der Waals surface area contributed by atoms with Gasteiger partial charge in [0.25, 0.3) is 5.91 Å². The Kier molecular flexibility index (Phi) is 7.82. The molecule has 0 aliphatic carbocycles. The van der Waals surface area contributed by atoms with Crippen LogP contribution in [0.1, 0.15) is 49.0 Å². The van der Waals surface area contributed by atoms with E-state index in [1.807, 2.05) is 69.2 Å². The number of anilines is 3. The van der Waals surface area contributed by atoms with Gasteiger partial charge in [-0.25, -0.2) is 0 Å². The highest BCUT2D eigenvalue weighted by molar-refractivity contribution is 6.09. The molecule has 1 fully saturated rings. The third kappa shape index (κ3) is 5.17. The summed E-state index contributed by atoms with van der Waals surface area (Å²) < 4.78 is 0. The van der Waals surface area contributed by atoms with Gasteiger partial charge in [0.2, 0.25) is 11.8 Å². The smallest absolute Gasteiger partial charge is 0.253 e. The molecule has 2 aromatic rings. The Hall–Kier alpha value is -3.55. The Morgan fingerprint density at radius 3 is 2.39 bits per heavy atom. The maximum absolute atomic E-state index is 13.6. The first-order chi connectivity index (χ1) is 17.3. The molecule has 2 aromatic carbocycles. The largest absolute Gasteiger partial charge is 0.378 e. The van der Waals surface area contributed by atoms with Gasteiger partial charge in [-0.1, -0.05) is 12.1 Å². The summed E-state index contributed by atoms with van der Waals surface area (Å²) in [5.74, 6) is -0.363. The van der Waals surface area contributed by atoms with Crippen molar-refractivity contribution < 1.29 is 14.4 Å². The fourth-order valence-corrected chi connectivity index (χ4v) is 5.06. The molecule has 2 aliphatic rings. The highest BCUT2D eigenvalue weighted by Gasteiger charge is 2.40. The van der Waals surface area contributed by atoms with Gasteiger partial charge in [-0.15, -0.1) is 0 Å². The molecule has 2 aliphatic heterocycles. The molecule has 1 saturated heterocycles. The first kappa shape index (κ1) is 25.5. The quantitative estimate of drug-likeness (QED) is 0.614. The second kappa shape index (κ2) is 11.0. The number of amides is 3. The van der Waals surface area contributed by atoms with Crippen LogP contribution >= 0.6 is 0 Å². The number of nitrogens with one attached hydrogen (secondary N) is 1. The van der Waals surface area contributed by atoms with E-state index in [9.17, 15) is 14.4 Å². The van der Waals surface area contributed by atoms with Crippen LogP contribution in [-0.2, 0) is 16.1 Å². The molecule has 8 heteroatoms. The minimum absolute atomic E-state index is 0.0680. The van der Waals surface area contributed by atoms with Crippen molar-refractivity contribution in [1.82, 2.24) is 10.2 Å². The van der Waals surface area contributed by atoms with E-state index in [0.717, 1.165) is 42.7 Å². The average Bonchev–Trinajstić information content (AvgIpc) is 2.90. The molecule has 0 aromatic heterocycles. The van der Waals surface area contributed by atoms with E-state index in [0.29, 0.717) is 30.9 Å². The molecule has 1 atom stereocenters. The number of fused-ring (bicyclic) bond motifs is 3. The van der Waals surface area contributed by atoms with Crippen molar-refractivity contribution in [3.63, 3.8) is 0 Å². The number of piperidine rings is 1. The van der Waals surface area contributed by atoms with E-state index in [2.05, 4.69) is 10.2 Å². The zero-order valence-electron chi connectivity index (χ0n) is 21.8. The minimum Gasteiger partial charge on any atom is -0.378 e. The van der Waals surface area contributed by atoms with Gasteiger partial charge in [0.05, 0.1) is 11.4 Å². The number of carbonyl (C=O) groups excluding carboxylic acids is 3. The fraction of sp³-hybridized carbons (Fsp3) is 0.464. The predicted octanol–water partition coefficient (Wildman–Crippen LogP) is 3.26. The summed E-state index contributed by atoms with van der Waals surface area (Å²) in [7, 11) is 3.97. The fourth-order valence-electron chi connectivity index (χ4n) is 5.06. The molecule has 0 saturated carbocycles. The summed E-state index contributed by atoms with van der Waals surface area (Å²) in [4.78, 5) is 47.1. The molecule has 0 spiro atoms. The van der Waals surface area contributed by atoms with Crippen LogP contribution in [0.4, 0.5) is 17.1 Å². The maximum atomic E-state index is 13.6. The van der Waals surface area contributed by atoms with E-state index in [4.69, 9.17) is 0 Å². The summed E-state index contributed by atoms with van der Waals surface area (Å²) in [6.07, 6.45) is 2.79. The molecule has 0 radical (unpaired) electrons. The zero-order valence-corrected chi connectivity index (χ0v) is 21.8. The third-order valence-electron chi connectivity index (χ3n) is 7.17. The Labute approximate surface area is 213 Å². The standard InChI is InChI=1S/C28H37N5O3/c1-5-31(6-2)27(35)21-12-15-23-25(17-21)33(28(36)24-9-7-8-16-32(23)24)19-26(34)29-18-20-10-13-22(14-11-20)30(3)4/h10-15,17,24H,5-9,16,18-19H2,1-4H3,(H,29,34). The van der Waals surface area contributed by atoms with Crippen LogP contribution in [-0.4, -0.2) is 68.9 Å². The van der Waals surface area contributed by atoms with Crippen LogP contribution < -0.4 is 20.0 Å². The van der Waals surface area contributed by atoms with Crippen LogP contribution in [0.25, 0.3) is 0 Å². The lowest BCUT2D eigenvalue weighted by atomic mass is 9.95. The Morgan fingerprint density at radius 2 is 1.72 bits per heavy atom. The molecule has 1 unspecified atom stereocenters. The molecule has 8 nitrogen and oxygen atoms in total. The van der Waals surface area contributed by atoms with Gasteiger partial charge < -0.3 is 20.0 Å². The molecular formula is C28H37N5O3. The number of benzene rings is 2. The first-order valence-electron chi connectivity index (χ1n) is 12.9. The van der Waals surface area contributed by atoms with Gasteiger partial charge in [-0.05, 0) is 69.0 Å². The van der Waals surface area contributed by atoms with Gasteiger partial charge in [0, 0.05) is 51.5 Å². The lowest BCUT2D eigenvalue weighted by molar-refractivity contribution is -0.125. The van der Waals surface area contributed by atoms with Crippen molar-refractivity contribution in [1.29, 1.82) is 0 Å². The summed E-state index contributed by atoms with van der Waals surface area (Å²) >= 11 is 0. The van der Waals surface area contributed by atoms with Crippen molar-refractivity contribution in [3.05, 3.63) is 53.6 Å². The average molecular weight is 492 g/mol. The second-order valence-electron chi connectivity index (χ2n) is 9.65. The summed E-state index contributed by atoms with van der Waals surface area (Å²) in [6, 6.07) is 13.3.